The molecule has 0 spiro atoms. The molecule has 0 saturated carbocycles. The van der Waals surface area contributed by atoms with Crippen molar-refractivity contribution in [2.45, 2.75) is 103 Å². The molecule has 0 fully saturated rings. The predicted molar refractivity (Wildman–Crippen MR) is 148 cm³/mol. The Kier molecular flexibility index (Phi) is 8.72. The molecule has 1 aliphatic heterocycles. The number of carbonyl (C=O) groups excluding carboxylic acids is 1. The third kappa shape index (κ3) is 7.05. The zero-order valence-electron chi connectivity index (χ0n) is 24.1. The number of rotatable bonds is 9. The number of benzene rings is 1. The Labute approximate surface area is 230 Å². The monoisotopic (exact) mass is 586 g/mol. The van der Waals surface area contributed by atoms with Crippen LogP contribution in [0, 0.1) is 0 Å². The van der Waals surface area contributed by atoms with Gasteiger partial charge >= 0.3 is 6.29 Å². The van der Waals surface area contributed by atoms with E-state index in [4.69, 9.17) is 19.0 Å². The summed E-state index contributed by atoms with van der Waals surface area (Å²) in [6.07, 6.45) is -2.48. The molecule has 0 saturated heterocycles. The molecule has 2 N–H and O–H groups in total. The number of carbonyl (C=O) groups is 1. The highest BCUT2D eigenvalue weighted by Crippen LogP contribution is 2.49. The Bertz CT molecular complexity index is 1360. The van der Waals surface area contributed by atoms with Crippen molar-refractivity contribution in [2.75, 3.05) is 6.61 Å². The maximum absolute atomic E-state index is 13.9. The second-order valence-electron chi connectivity index (χ2n) is 11.9. The number of amides is 1. The molecule has 3 rings (SSSR count). The highest BCUT2D eigenvalue weighted by molar-refractivity contribution is 7.91. The van der Waals surface area contributed by atoms with Gasteiger partial charge in [-0.05, 0) is 53.2 Å². The molecule has 0 aliphatic carbocycles. The van der Waals surface area contributed by atoms with Crippen LogP contribution in [0.5, 0.6) is 11.5 Å². The molecule has 218 valence electrons. The lowest BCUT2D eigenvalue weighted by Crippen LogP contribution is -2.41. The zero-order chi connectivity index (χ0) is 29.6. The van der Waals surface area contributed by atoms with Crippen LogP contribution in [0.4, 0.5) is 8.78 Å². The van der Waals surface area contributed by atoms with Crippen molar-refractivity contribution in [3.8, 4) is 11.5 Å². The number of hydrogen-bond donors (Lipinski definition) is 1. The molecule has 1 aromatic heterocycles. The molecule has 1 amide bonds. The average molecular weight is 587 g/mol. The summed E-state index contributed by atoms with van der Waals surface area (Å²) in [6, 6.07) is 2.93. The minimum Gasteiger partial charge on any atom is -0.415 e. The van der Waals surface area contributed by atoms with Gasteiger partial charge in [0.1, 0.15) is 0 Å². The van der Waals surface area contributed by atoms with Gasteiger partial charge in [0.05, 0.1) is 19.6 Å². The van der Waals surface area contributed by atoms with E-state index in [2.05, 4.69) is 43.3 Å². The van der Waals surface area contributed by atoms with E-state index in [1.165, 1.54) is 12.1 Å². The molecule has 9 nitrogen and oxygen atoms in total. The first-order valence-corrected chi connectivity index (χ1v) is 17.4. The lowest BCUT2D eigenvalue weighted by molar-refractivity contribution is -0.287. The quantitative estimate of drug-likeness (QED) is 0.363. The van der Waals surface area contributed by atoms with E-state index in [1.807, 2.05) is 13.8 Å². The van der Waals surface area contributed by atoms with Crippen molar-refractivity contribution >= 4 is 24.1 Å². The number of nitrogens with two attached hydrogens (primary N) is 1. The number of halogens is 2. The topological polar surface area (TPSA) is 118 Å². The van der Waals surface area contributed by atoms with Gasteiger partial charge < -0.3 is 13.9 Å². The van der Waals surface area contributed by atoms with Gasteiger partial charge in [0.15, 0.2) is 34.8 Å². The lowest BCUT2D eigenvalue weighted by Gasteiger charge is -2.36. The van der Waals surface area contributed by atoms with Gasteiger partial charge in [0.2, 0.25) is 0 Å². The first-order valence-electron chi connectivity index (χ1n) is 12.9. The minimum absolute atomic E-state index is 0.0262. The van der Waals surface area contributed by atoms with Crippen LogP contribution in [-0.2, 0) is 32.1 Å². The van der Waals surface area contributed by atoms with E-state index in [0.29, 0.717) is 29.8 Å². The highest BCUT2D eigenvalue weighted by atomic mass is 32.2. The fraction of sp³-hybridized carbons (Fsp3) is 0.615. The third-order valence-corrected chi connectivity index (χ3v) is 13.0. The summed E-state index contributed by atoms with van der Waals surface area (Å²) in [7, 11) is -5.58. The molecule has 39 heavy (non-hydrogen) atoms. The summed E-state index contributed by atoms with van der Waals surface area (Å²) < 4.78 is 62.0. The van der Waals surface area contributed by atoms with E-state index >= 15 is 0 Å². The molecule has 2 aromatic rings. The number of nitrogens with zero attached hydrogens (tertiary/aromatic N) is 3. The van der Waals surface area contributed by atoms with Gasteiger partial charge in [-0.25, -0.2) is 9.35 Å². The molecule has 1 aliphatic rings. The number of aromatic nitrogens is 2. The van der Waals surface area contributed by atoms with Crippen molar-refractivity contribution in [2.24, 2.45) is 9.50 Å². The fourth-order valence-corrected chi connectivity index (χ4v) is 6.08. The Morgan fingerprint density at radius 3 is 2.44 bits per heavy atom. The average Bonchev–Trinajstić information content (AvgIpc) is 3.34. The molecule has 1 aromatic carbocycles. The van der Waals surface area contributed by atoms with Crippen LogP contribution >= 0.6 is 0 Å². The van der Waals surface area contributed by atoms with E-state index in [0.717, 1.165) is 0 Å². The van der Waals surface area contributed by atoms with Gasteiger partial charge in [-0.1, -0.05) is 48.5 Å². The van der Waals surface area contributed by atoms with Crippen molar-refractivity contribution in [3.05, 3.63) is 35.0 Å². The summed E-state index contributed by atoms with van der Waals surface area (Å²) in [6.45, 7) is 19.0. The maximum atomic E-state index is 13.9. The van der Waals surface area contributed by atoms with Crippen LogP contribution < -0.4 is 14.6 Å². The molecular formula is C26H40F2N4O5SSi. The Morgan fingerprint density at radius 1 is 1.23 bits per heavy atom. The highest BCUT2D eigenvalue weighted by Gasteiger charge is 2.46. The van der Waals surface area contributed by atoms with Gasteiger partial charge in [0, 0.05) is 11.8 Å². The molecule has 0 radical (unpaired) electrons. The van der Waals surface area contributed by atoms with Crippen LogP contribution in [-0.4, -0.2) is 41.1 Å². The standard InChI is InChI=1S/C26H40F2N4O5SSi/c1-16(2)18-14-20-24(37-26(27,28)36-20)23(17(3)4)19(18)15-21(33)31-38(29,34)22-10-11-32(30-22)12-13-35-39(8,9)25(5,6)7/h10-11,14,16-17H,12-13,15H2,1-9H3,(H2,29,31,33,34). The molecule has 1 unspecified atom stereocenters. The first kappa shape index (κ1) is 31.2. The van der Waals surface area contributed by atoms with Gasteiger partial charge in [-0.3, -0.25) is 9.48 Å². The van der Waals surface area contributed by atoms with Crippen LogP contribution in [0.3, 0.4) is 0 Å². The van der Waals surface area contributed by atoms with Gasteiger partial charge in [-0.2, -0.15) is 5.10 Å². The Morgan fingerprint density at radius 2 is 1.87 bits per heavy atom. The van der Waals surface area contributed by atoms with E-state index in [-0.39, 0.29) is 39.8 Å². The third-order valence-electron chi connectivity index (χ3n) is 7.15. The number of fused-ring (bicyclic) bond motifs is 1. The molecule has 2 heterocycles. The molecule has 13 heteroatoms. The van der Waals surface area contributed by atoms with Gasteiger partial charge in [0.25, 0.3) is 5.91 Å². The maximum Gasteiger partial charge on any atom is 0.586 e. The van der Waals surface area contributed by atoms with Crippen molar-refractivity contribution in [1.29, 1.82) is 0 Å². The van der Waals surface area contributed by atoms with Crippen LogP contribution in [0.1, 0.15) is 77.0 Å². The summed E-state index contributed by atoms with van der Waals surface area (Å²) in [5, 5.41) is 10.3. The van der Waals surface area contributed by atoms with E-state index in [1.54, 1.807) is 24.7 Å². The molecule has 1 atom stereocenters. The first-order chi connectivity index (χ1) is 17.7. The summed E-state index contributed by atoms with van der Waals surface area (Å²) in [4.78, 5) is 13.1. The second kappa shape index (κ2) is 10.9. The van der Waals surface area contributed by atoms with Gasteiger partial charge in [-0.15, -0.1) is 13.1 Å². The van der Waals surface area contributed by atoms with Crippen LogP contribution in [0.15, 0.2) is 27.7 Å². The molecule has 0 bridgehead atoms. The van der Waals surface area contributed by atoms with Crippen LogP contribution in [0.25, 0.3) is 0 Å². The summed E-state index contributed by atoms with van der Waals surface area (Å²) in [5.41, 5.74) is 1.54. The van der Waals surface area contributed by atoms with Crippen molar-refractivity contribution in [3.63, 3.8) is 0 Å². The fourth-order valence-electron chi connectivity index (χ4n) is 4.11. The van der Waals surface area contributed by atoms with E-state index < -0.39 is 30.4 Å². The summed E-state index contributed by atoms with van der Waals surface area (Å²) in [5.74, 6) is -1.34. The molecular weight excluding hydrogens is 546 g/mol. The Balaban J connectivity index is 1.85. The van der Waals surface area contributed by atoms with Crippen molar-refractivity contribution < 1.29 is 31.7 Å². The number of hydrogen-bond acceptors (Lipinski definition) is 6. The Hall–Kier alpha value is -2.35. The van der Waals surface area contributed by atoms with Crippen LogP contribution in [0.2, 0.25) is 18.1 Å². The second-order valence-corrected chi connectivity index (χ2v) is 18.5. The predicted octanol–water partition coefficient (Wildman–Crippen LogP) is 5.94. The minimum atomic E-state index is -3.80. The smallest absolute Gasteiger partial charge is 0.415 e. The number of ether oxygens (including phenoxy) is 2. The van der Waals surface area contributed by atoms with E-state index in [9.17, 15) is 17.8 Å². The lowest BCUT2D eigenvalue weighted by atomic mass is 9.86. The largest absolute Gasteiger partial charge is 0.586 e. The normalized spacial score (nSPS) is 16.6. The SMILES string of the molecule is CC(C)c1cc2c(c(C(C)C)c1CC(=O)N=S(N)(=O)c1ccn(CCO[Si](C)(C)C(C)(C)C)n1)OC(F)(F)O2. The number of alkyl halides is 2. The zero-order valence-corrected chi connectivity index (χ0v) is 25.9. The van der Waals surface area contributed by atoms with Crippen molar-refractivity contribution in [1.82, 2.24) is 9.78 Å². The summed E-state index contributed by atoms with van der Waals surface area (Å²) >= 11 is 0.